The van der Waals surface area contributed by atoms with E-state index in [9.17, 15) is 24.7 Å². The Bertz CT molecular complexity index is 946. The second-order valence-electron chi connectivity index (χ2n) is 13.4. The number of rotatable bonds is 11. The van der Waals surface area contributed by atoms with Gasteiger partial charge in [-0.15, -0.1) is 0 Å². The second kappa shape index (κ2) is 12.4. The van der Waals surface area contributed by atoms with Gasteiger partial charge in [-0.3, -0.25) is 9.59 Å². The van der Waals surface area contributed by atoms with Crippen LogP contribution in [0, 0.1) is 46.3 Å². The van der Waals surface area contributed by atoms with Crippen LogP contribution in [0.5, 0.6) is 0 Å². The first-order valence-corrected chi connectivity index (χ1v) is 17.5. The standard InChI is InChI=1S/C29H49O8PS/c1-18(15-21(31)9-13-36-26(33)10-14-37-38(34,39)35-4)22-5-6-23-27-24(8-12-29(22,23)3)28(2)11-7-20(30)16-19(28)17-25(27)32/h18-20,22-25,27,30,32H,5-17H2,1-4H3,(H,34,39)/t18-,19?,20-,22?,23?,24?,25?,27?,28+,29-,38?/m1/s1. The SMILES string of the molecule is COP(O)(=S)OCCC(=O)OCCC(=O)C[C@@H](C)C1CCC2C3C(O)CC4C[C@H](O)CC[C@]4(C)C3CC[C@@]21C. The third-order valence-electron chi connectivity index (χ3n) is 11.4. The van der Waals surface area contributed by atoms with Crippen molar-refractivity contribution in [1.29, 1.82) is 0 Å². The van der Waals surface area contributed by atoms with Gasteiger partial charge in [-0.05, 0) is 110 Å². The van der Waals surface area contributed by atoms with Crippen molar-refractivity contribution < 1.29 is 38.5 Å². The van der Waals surface area contributed by atoms with Crippen LogP contribution in [-0.4, -0.2) is 59.4 Å². The van der Waals surface area contributed by atoms with E-state index in [1.807, 2.05) is 0 Å². The minimum Gasteiger partial charge on any atom is -0.465 e. The molecular weight excluding hydrogens is 539 g/mol. The molecule has 10 heteroatoms. The van der Waals surface area contributed by atoms with Gasteiger partial charge in [0.25, 0.3) is 0 Å². The lowest BCUT2D eigenvalue weighted by Crippen LogP contribution is -2.58. The summed E-state index contributed by atoms with van der Waals surface area (Å²) < 4.78 is 14.8. The van der Waals surface area contributed by atoms with Crippen molar-refractivity contribution in [2.24, 2.45) is 46.3 Å². The molecule has 4 aliphatic carbocycles. The normalized spacial score (nSPS) is 42.0. The zero-order valence-electron chi connectivity index (χ0n) is 24.0. The minimum atomic E-state index is -3.29. The molecule has 0 aromatic rings. The molecule has 0 spiro atoms. The molecule has 224 valence electrons. The van der Waals surface area contributed by atoms with Gasteiger partial charge >= 0.3 is 12.7 Å². The summed E-state index contributed by atoms with van der Waals surface area (Å²) in [6, 6.07) is 0. The molecule has 4 saturated carbocycles. The topological polar surface area (TPSA) is 123 Å². The van der Waals surface area contributed by atoms with Crippen LogP contribution in [0.2, 0.25) is 0 Å². The quantitative estimate of drug-likeness (QED) is 0.231. The number of carbonyl (C=O) groups is 2. The number of aliphatic hydroxyl groups excluding tert-OH is 2. The van der Waals surface area contributed by atoms with Gasteiger partial charge in [0.15, 0.2) is 0 Å². The molecular formula is C29H49O8PS. The van der Waals surface area contributed by atoms with E-state index in [4.69, 9.17) is 21.1 Å². The fourth-order valence-corrected chi connectivity index (χ4v) is 10.1. The highest BCUT2D eigenvalue weighted by molar-refractivity contribution is 8.07. The average molecular weight is 589 g/mol. The highest BCUT2D eigenvalue weighted by atomic mass is 32.5. The third kappa shape index (κ3) is 6.65. The van der Waals surface area contributed by atoms with Crippen LogP contribution in [-0.2, 0) is 35.2 Å². The Hall–Kier alpha value is -0.410. The number of ether oxygens (including phenoxy) is 1. The molecule has 4 rings (SSSR count). The van der Waals surface area contributed by atoms with E-state index in [1.54, 1.807) is 0 Å². The smallest absolute Gasteiger partial charge is 0.324 e. The predicted octanol–water partition coefficient (Wildman–Crippen LogP) is 4.78. The first-order chi connectivity index (χ1) is 18.3. The minimum absolute atomic E-state index is 0.0386. The maximum Gasteiger partial charge on any atom is 0.324 e. The summed E-state index contributed by atoms with van der Waals surface area (Å²) in [4.78, 5) is 34.3. The molecule has 0 aromatic heterocycles. The highest BCUT2D eigenvalue weighted by Gasteiger charge is 2.62. The summed E-state index contributed by atoms with van der Waals surface area (Å²) in [7, 11) is 1.25. The van der Waals surface area contributed by atoms with Crippen LogP contribution in [0.4, 0.5) is 0 Å². The summed E-state index contributed by atoms with van der Waals surface area (Å²) in [5.74, 6) is 2.02. The molecule has 0 aliphatic heterocycles. The molecule has 3 N–H and O–H groups in total. The molecule has 0 amide bonds. The van der Waals surface area contributed by atoms with E-state index >= 15 is 0 Å². The third-order valence-corrected chi connectivity index (χ3v) is 13.1. The molecule has 0 bridgehead atoms. The first kappa shape index (κ1) is 31.5. The molecule has 4 aliphatic rings. The van der Waals surface area contributed by atoms with Gasteiger partial charge in [0.1, 0.15) is 5.78 Å². The second-order valence-corrected chi connectivity index (χ2v) is 16.3. The Labute approximate surface area is 238 Å². The van der Waals surface area contributed by atoms with Crippen LogP contribution >= 0.6 is 6.72 Å². The number of carbonyl (C=O) groups excluding carboxylic acids is 2. The Morgan fingerprint density at radius 3 is 2.41 bits per heavy atom. The Morgan fingerprint density at radius 2 is 1.69 bits per heavy atom. The van der Waals surface area contributed by atoms with Crippen molar-refractivity contribution in [3.8, 4) is 0 Å². The van der Waals surface area contributed by atoms with Crippen molar-refractivity contribution in [2.75, 3.05) is 20.3 Å². The number of esters is 1. The van der Waals surface area contributed by atoms with Crippen molar-refractivity contribution in [1.82, 2.24) is 0 Å². The van der Waals surface area contributed by atoms with Crippen molar-refractivity contribution >= 4 is 30.3 Å². The fourth-order valence-electron chi connectivity index (χ4n) is 9.43. The summed E-state index contributed by atoms with van der Waals surface area (Å²) in [5.41, 5.74) is 0.342. The number of aliphatic hydroxyl groups is 2. The zero-order chi connectivity index (χ0) is 28.6. The van der Waals surface area contributed by atoms with Crippen LogP contribution < -0.4 is 0 Å². The van der Waals surface area contributed by atoms with Crippen LogP contribution in [0.3, 0.4) is 0 Å². The Balaban J connectivity index is 1.28. The average Bonchev–Trinajstić information content (AvgIpc) is 3.22. The van der Waals surface area contributed by atoms with Gasteiger partial charge in [-0.1, -0.05) is 20.8 Å². The predicted molar refractivity (Wildman–Crippen MR) is 151 cm³/mol. The molecule has 0 saturated heterocycles. The molecule has 8 nitrogen and oxygen atoms in total. The molecule has 4 fully saturated rings. The zero-order valence-corrected chi connectivity index (χ0v) is 25.8. The molecule has 39 heavy (non-hydrogen) atoms. The van der Waals surface area contributed by atoms with Crippen LogP contribution in [0.1, 0.15) is 91.4 Å². The molecule has 0 radical (unpaired) electrons. The lowest BCUT2D eigenvalue weighted by Gasteiger charge is -2.62. The lowest BCUT2D eigenvalue weighted by atomic mass is 9.43. The molecule has 11 atom stereocenters. The summed E-state index contributed by atoms with van der Waals surface area (Å²) in [6.45, 7) is 3.70. The van der Waals surface area contributed by atoms with Crippen molar-refractivity contribution in [3.05, 3.63) is 0 Å². The van der Waals surface area contributed by atoms with Crippen molar-refractivity contribution in [2.45, 2.75) is 104 Å². The van der Waals surface area contributed by atoms with Crippen LogP contribution in [0.15, 0.2) is 0 Å². The van der Waals surface area contributed by atoms with Gasteiger partial charge in [-0.2, -0.15) is 0 Å². The number of ketones is 1. The van der Waals surface area contributed by atoms with Crippen molar-refractivity contribution in [3.63, 3.8) is 0 Å². The van der Waals surface area contributed by atoms with E-state index in [0.29, 0.717) is 36.0 Å². The molecule has 0 heterocycles. The van der Waals surface area contributed by atoms with E-state index < -0.39 is 12.7 Å². The summed E-state index contributed by atoms with van der Waals surface area (Å²) in [6.07, 6.45) is 8.15. The van der Waals surface area contributed by atoms with E-state index in [2.05, 4.69) is 25.3 Å². The Morgan fingerprint density at radius 1 is 1.00 bits per heavy atom. The summed E-state index contributed by atoms with van der Waals surface area (Å²) >= 11 is 4.72. The van der Waals surface area contributed by atoms with Gasteiger partial charge in [0.2, 0.25) is 0 Å². The highest BCUT2D eigenvalue weighted by Crippen LogP contribution is 2.68. The fraction of sp³-hybridized carbons (Fsp3) is 0.931. The van der Waals surface area contributed by atoms with E-state index in [1.165, 1.54) is 7.11 Å². The molecule has 7 unspecified atom stereocenters. The maximum absolute atomic E-state index is 12.8. The van der Waals surface area contributed by atoms with E-state index in [-0.39, 0.29) is 60.8 Å². The first-order valence-electron chi connectivity index (χ1n) is 14.9. The molecule has 0 aromatic carbocycles. The van der Waals surface area contributed by atoms with E-state index in [0.717, 1.165) is 51.4 Å². The maximum atomic E-state index is 12.8. The number of fused-ring (bicyclic) bond motifs is 5. The largest absolute Gasteiger partial charge is 0.465 e. The number of hydrogen-bond donors (Lipinski definition) is 3. The monoisotopic (exact) mass is 588 g/mol. The van der Waals surface area contributed by atoms with Gasteiger partial charge < -0.3 is 28.9 Å². The van der Waals surface area contributed by atoms with Gasteiger partial charge in [0.05, 0.1) is 31.8 Å². The number of Topliss-reactive ketones (excluding diaryl/α,β-unsaturated/α-hetero) is 1. The Kier molecular flexibility index (Phi) is 10.1. The van der Waals surface area contributed by atoms with Gasteiger partial charge in [-0.25, -0.2) is 0 Å². The van der Waals surface area contributed by atoms with Gasteiger partial charge in [0, 0.05) is 20.0 Å². The summed E-state index contributed by atoms with van der Waals surface area (Å²) in [5, 5.41) is 21.7. The lowest BCUT2D eigenvalue weighted by molar-refractivity contribution is -0.174. The van der Waals surface area contributed by atoms with Crippen LogP contribution in [0.25, 0.3) is 0 Å². The number of hydrogen-bond acceptors (Lipinski definition) is 8.